The molecule has 21 heavy (non-hydrogen) atoms. The van der Waals surface area contributed by atoms with E-state index in [0.29, 0.717) is 16.4 Å². The lowest BCUT2D eigenvalue weighted by molar-refractivity contribution is -0.113. The summed E-state index contributed by atoms with van der Waals surface area (Å²) < 4.78 is 0. The minimum Gasteiger partial charge on any atom is -0.301 e. The van der Waals surface area contributed by atoms with E-state index in [1.54, 1.807) is 12.1 Å². The summed E-state index contributed by atoms with van der Waals surface area (Å²) >= 11 is 2.73. The van der Waals surface area contributed by atoms with Crippen molar-refractivity contribution in [2.75, 3.05) is 16.8 Å². The zero-order chi connectivity index (χ0) is 15.1. The van der Waals surface area contributed by atoms with Gasteiger partial charge >= 0.3 is 0 Å². The number of nitrogens with zero attached hydrogens (tertiary/aromatic N) is 1. The van der Waals surface area contributed by atoms with Gasteiger partial charge in [-0.1, -0.05) is 37.3 Å². The molecule has 0 fully saturated rings. The number of aryl methyl sites for hydroxylation is 1. The third-order valence-corrected chi connectivity index (χ3v) is 4.46. The average Bonchev–Trinajstić information content (AvgIpc) is 2.95. The second kappa shape index (κ2) is 7.95. The van der Waals surface area contributed by atoms with Crippen LogP contribution in [0.4, 0.5) is 5.13 Å². The van der Waals surface area contributed by atoms with Crippen molar-refractivity contribution in [1.82, 2.24) is 4.98 Å². The van der Waals surface area contributed by atoms with E-state index in [9.17, 15) is 9.59 Å². The Kier molecular flexibility index (Phi) is 5.95. The van der Waals surface area contributed by atoms with Crippen molar-refractivity contribution in [3.05, 3.63) is 47.0 Å². The second-order valence-corrected chi connectivity index (χ2v) is 6.17. The number of nitrogens with one attached hydrogen (secondary N) is 1. The number of hydrogen-bond acceptors (Lipinski definition) is 5. The topological polar surface area (TPSA) is 59.1 Å². The number of anilines is 1. The SMILES string of the molecule is CCc1csc(NC(=O)CSCC(=O)c2ccccc2)n1. The van der Waals surface area contributed by atoms with Crippen molar-refractivity contribution >= 4 is 39.9 Å². The first kappa shape index (κ1) is 15.7. The smallest absolute Gasteiger partial charge is 0.236 e. The third-order valence-electron chi connectivity index (χ3n) is 2.72. The Morgan fingerprint density at radius 3 is 2.67 bits per heavy atom. The van der Waals surface area contributed by atoms with Crippen LogP contribution in [-0.2, 0) is 11.2 Å². The Balaban J connectivity index is 1.73. The second-order valence-electron chi connectivity index (χ2n) is 4.33. The van der Waals surface area contributed by atoms with Crippen LogP contribution in [0.15, 0.2) is 35.7 Å². The van der Waals surface area contributed by atoms with Crippen molar-refractivity contribution < 1.29 is 9.59 Å². The summed E-state index contributed by atoms with van der Waals surface area (Å²) in [6, 6.07) is 9.10. The van der Waals surface area contributed by atoms with Crippen LogP contribution in [0.3, 0.4) is 0 Å². The summed E-state index contributed by atoms with van der Waals surface area (Å²) in [7, 11) is 0. The van der Waals surface area contributed by atoms with Crippen LogP contribution in [-0.4, -0.2) is 28.2 Å². The van der Waals surface area contributed by atoms with Crippen molar-refractivity contribution in [2.45, 2.75) is 13.3 Å². The Bertz CT molecular complexity index is 611. The molecule has 1 amide bonds. The maximum absolute atomic E-state index is 11.9. The number of aromatic nitrogens is 1. The lowest BCUT2D eigenvalue weighted by atomic mass is 10.2. The highest BCUT2D eigenvalue weighted by molar-refractivity contribution is 8.00. The fraction of sp³-hybridized carbons (Fsp3) is 0.267. The standard InChI is InChI=1S/C15H16N2O2S2/c1-2-12-8-21-15(16-12)17-14(19)10-20-9-13(18)11-6-4-3-5-7-11/h3-8H,2,9-10H2,1H3,(H,16,17,19). The summed E-state index contributed by atoms with van der Waals surface area (Å²) in [6.45, 7) is 2.02. The molecule has 2 aromatic rings. The Hall–Kier alpha value is -1.66. The number of carbonyl (C=O) groups excluding carboxylic acids is 2. The molecule has 1 aromatic heterocycles. The molecule has 1 N–H and O–H groups in total. The molecule has 0 aliphatic heterocycles. The number of Topliss-reactive ketones (excluding diaryl/α,β-unsaturated/α-hetero) is 1. The highest BCUT2D eigenvalue weighted by Crippen LogP contribution is 2.16. The molecule has 6 heteroatoms. The molecule has 0 atom stereocenters. The molecule has 0 saturated carbocycles. The number of ketones is 1. The van der Waals surface area contributed by atoms with E-state index in [1.165, 1.54) is 23.1 Å². The number of benzene rings is 1. The van der Waals surface area contributed by atoms with Gasteiger partial charge in [-0.25, -0.2) is 4.98 Å². The summed E-state index contributed by atoms with van der Waals surface area (Å²) in [5.41, 5.74) is 1.65. The van der Waals surface area contributed by atoms with Gasteiger partial charge in [-0.2, -0.15) is 0 Å². The number of rotatable bonds is 7. The molecule has 1 aromatic carbocycles. The Morgan fingerprint density at radius 1 is 1.24 bits per heavy atom. The zero-order valence-corrected chi connectivity index (χ0v) is 13.3. The van der Waals surface area contributed by atoms with Gasteiger partial charge in [0.05, 0.1) is 17.2 Å². The highest BCUT2D eigenvalue weighted by atomic mass is 32.2. The Morgan fingerprint density at radius 2 is 2.00 bits per heavy atom. The van der Waals surface area contributed by atoms with E-state index in [-0.39, 0.29) is 17.4 Å². The number of amides is 1. The minimum atomic E-state index is -0.127. The summed E-state index contributed by atoms with van der Waals surface area (Å²) in [5.74, 6) is 0.462. The van der Waals surface area contributed by atoms with E-state index >= 15 is 0 Å². The van der Waals surface area contributed by atoms with E-state index in [2.05, 4.69) is 10.3 Å². The molecule has 0 aliphatic rings. The molecule has 0 bridgehead atoms. The van der Waals surface area contributed by atoms with Gasteiger partial charge in [0.2, 0.25) is 5.91 Å². The zero-order valence-electron chi connectivity index (χ0n) is 11.7. The minimum absolute atomic E-state index is 0.0379. The van der Waals surface area contributed by atoms with Crippen LogP contribution in [0.2, 0.25) is 0 Å². The Labute approximate surface area is 132 Å². The van der Waals surface area contributed by atoms with Crippen LogP contribution in [0.1, 0.15) is 23.0 Å². The fourth-order valence-electron chi connectivity index (χ4n) is 1.63. The first-order valence-electron chi connectivity index (χ1n) is 6.59. The molecule has 0 aliphatic carbocycles. The van der Waals surface area contributed by atoms with Gasteiger partial charge in [0, 0.05) is 10.9 Å². The summed E-state index contributed by atoms with van der Waals surface area (Å²) in [6.07, 6.45) is 0.854. The maximum Gasteiger partial charge on any atom is 0.236 e. The first-order chi connectivity index (χ1) is 10.2. The van der Waals surface area contributed by atoms with E-state index in [0.717, 1.165) is 12.1 Å². The molecular formula is C15H16N2O2S2. The predicted molar refractivity (Wildman–Crippen MR) is 88.2 cm³/mol. The largest absolute Gasteiger partial charge is 0.301 e. The van der Waals surface area contributed by atoms with Gasteiger partial charge in [-0.15, -0.1) is 23.1 Å². The van der Waals surface area contributed by atoms with Crippen LogP contribution in [0.5, 0.6) is 0 Å². The first-order valence-corrected chi connectivity index (χ1v) is 8.62. The number of hydrogen-bond donors (Lipinski definition) is 1. The number of thioether (sulfide) groups is 1. The maximum atomic E-state index is 11.9. The molecule has 1 heterocycles. The predicted octanol–water partition coefficient (Wildman–Crippen LogP) is 3.26. The van der Waals surface area contributed by atoms with Gasteiger partial charge in [0.15, 0.2) is 10.9 Å². The van der Waals surface area contributed by atoms with Crippen LogP contribution >= 0.6 is 23.1 Å². The van der Waals surface area contributed by atoms with E-state index in [4.69, 9.17) is 0 Å². The van der Waals surface area contributed by atoms with Gasteiger partial charge in [0.1, 0.15) is 0 Å². The van der Waals surface area contributed by atoms with Crippen molar-refractivity contribution in [3.8, 4) is 0 Å². The lowest BCUT2D eigenvalue weighted by Gasteiger charge is -2.02. The third kappa shape index (κ3) is 4.99. The molecule has 110 valence electrons. The lowest BCUT2D eigenvalue weighted by Crippen LogP contribution is -2.15. The molecule has 0 unspecified atom stereocenters. The summed E-state index contributed by atoms with van der Waals surface area (Å²) in [4.78, 5) is 27.9. The molecular weight excluding hydrogens is 304 g/mol. The van der Waals surface area contributed by atoms with Crippen LogP contribution in [0, 0.1) is 0 Å². The summed E-state index contributed by atoms with van der Waals surface area (Å²) in [5, 5.41) is 5.30. The molecule has 0 radical (unpaired) electrons. The van der Waals surface area contributed by atoms with Crippen molar-refractivity contribution in [1.29, 1.82) is 0 Å². The van der Waals surface area contributed by atoms with Crippen molar-refractivity contribution in [3.63, 3.8) is 0 Å². The number of carbonyl (C=O) groups is 2. The molecule has 4 nitrogen and oxygen atoms in total. The van der Waals surface area contributed by atoms with Crippen LogP contribution in [0.25, 0.3) is 0 Å². The molecule has 2 rings (SSSR count). The monoisotopic (exact) mass is 320 g/mol. The van der Waals surface area contributed by atoms with Gasteiger partial charge in [0.25, 0.3) is 0 Å². The molecule has 0 saturated heterocycles. The number of thiazole rings is 1. The van der Waals surface area contributed by atoms with Gasteiger partial charge < -0.3 is 5.32 Å². The van der Waals surface area contributed by atoms with Gasteiger partial charge in [-0.05, 0) is 6.42 Å². The normalized spacial score (nSPS) is 10.3. The van der Waals surface area contributed by atoms with Gasteiger partial charge in [-0.3, -0.25) is 9.59 Å². The molecule has 0 spiro atoms. The van der Waals surface area contributed by atoms with Crippen molar-refractivity contribution in [2.24, 2.45) is 0 Å². The average molecular weight is 320 g/mol. The fourth-order valence-corrected chi connectivity index (χ4v) is 3.15. The van der Waals surface area contributed by atoms with Crippen LogP contribution < -0.4 is 5.32 Å². The highest BCUT2D eigenvalue weighted by Gasteiger charge is 2.09. The van der Waals surface area contributed by atoms with E-state index < -0.39 is 0 Å². The quantitative estimate of drug-likeness (QED) is 0.796. The van der Waals surface area contributed by atoms with E-state index in [1.807, 2.05) is 30.5 Å².